The molecule has 3 heterocycles. The molecule has 4 amide bonds. The largest absolute Gasteiger partial charge is 0.427 e. The van der Waals surface area contributed by atoms with Gasteiger partial charge in [-0.15, -0.1) is 0 Å². The zero-order valence-electron chi connectivity index (χ0n) is 35.0. The van der Waals surface area contributed by atoms with E-state index in [1.165, 1.54) is 64.2 Å². The molecule has 2 saturated heterocycles. The summed E-state index contributed by atoms with van der Waals surface area (Å²) in [6.45, 7) is 2.91. The van der Waals surface area contributed by atoms with Crippen molar-refractivity contribution in [1.82, 2.24) is 30.1 Å². The van der Waals surface area contributed by atoms with Gasteiger partial charge >= 0.3 is 12.0 Å². The molecule has 1 unspecified atom stereocenters. The summed E-state index contributed by atoms with van der Waals surface area (Å²) in [4.78, 5) is 63.0. The van der Waals surface area contributed by atoms with Gasteiger partial charge in [-0.05, 0) is 41.3 Å². The van der Waals surface area contributed by atoms with Crippen molar-refractivity contribution < 1.29 is 23.9 Å². The molecule has 3 aromatic carbocycles. The minimum Gasteiger partial charge on any atom is -0.427 e. The standard InChI is InChI=1S/C48H62N6O5/c1-3-4-5-6-7-8-9-10-11-12-13-14-18-26-45(56)59-41-29-27-37(28-30-41)32-42-47(57)52(34-40-24-19-23-39-25-20-31-49-46(39)40)35-43-53(42)44(55)36-51(2)54(43)48(58)50-33-38-21-16-15-17-22-38/h15-17,19-25,27-31,42-43H,3-14,18,26,32-36H2,1-2H3,(H,50,58)/t42-,43?/m0/s1. The van der Waals surface area contributed by atoms with Gasteiger partial charge in [0.25, 0.3) is 0 Å². The minimum atomic E-state index is -0.869. The van der Waals surface area contributed by atoms with Gasteiger partial charge in [0, 0.05) is 44.6 Å². The summed E-state index contributed by atoms with van der Waals surface area (Å²) in [5.41, 5.74) is 3.43. The zero-order valence-corrected chi connectivity index (χ0v) is 35.0. The van der Waals surface area contributed by atoms with Crippen molar-refractivity contribution in [3.05, 3.63) is 108 Å². The van der Waals surface area contributed by atoms with Crippen molar-refractivity contribution in [3.8, 4) is 5.75 Å². The molecule has 0 aliphatic carbocycles. The van der Waals surface area contributed by atoms with Gasteiger partial charge < -0.3 is 19.9 Å². The number of urea groups is 1. The number of piperazine rings is 1. The summed E-state index contributed by atoms with van der Waals surface area (Å²) >= 11 is 0. The van der Waals surface area contributed by atoms with Crippen LogP contribution in [0.15, 0.2) is 91.1 Å². The van der Waals surface area contributed by atoms with Gasteiger partial charge in [-0.2, -0.15) is 0 Å². The molecule has 0 bridgehead atoms. The lowest BCUT2D eigenvalue weighted by Crippen LogP contribution is -2.76. The number of pyridine rings is 1. The number of ether oxygens (including phenoxy) is 1. The van der Waals surface area contributed by atoms with Crippen molar-refractivity contribution in [2.45, 2.75) is 129 Å². The molecule has 2 fully saturated rings. The second-order valence-electron chi connectivity index (χ2n) is 16.1. The number of amides is 4. The molecule has 0 radical (unpaired) electrons. The Labute approximate surface area is 350 Å². The van der Waals surface area contributed by atoms with E-state index in [1.54, 1.807) is 45.2 Å². The Bertz CT molecular complexity index is 1970. The fraction of sp³-hybridized carbons (Fsp3) is 0.479. The van der Waals surface area contributed by atoms with E-state index in [4.69, 9.17) is 4.74 Å². The maximum absolute atomic E-state index is 14.5. The van der Waals surface area contributed by atoms with Gasteiger partial charge in [0.05, 0.1) is 18.6 Å². The van der Waals surface area contributed by atoms with Crippen LogP contribution in [0.2, 0.25) is 0 Å². The van der Waals surface area contributed by atoms with E-state index in [0.717, 1.165) is 46.9 Å². The summed E-state index contributed by atoms with van der Waals surface area (Å²) in [6.07, 6.45) is 17.8. The van der Waals surface area contributed by atoms with Gasteiger partial charge in [-0.3, -0.25) is 19.4 Å². The highest BCUT2D eigenvalue weighted by molar-refractivity contribution is 5.92. The number of nitrogens with zero attached hydrogens (tertiary/aromatic N) is 5. The Kier molecular flexibility index (Phi) is 16.3. The van der Waals surface area contributed by atoms with Gasteiger partial charge in [-0.25, -0.2) is 14.8 Å². The highest BCUT2D eigenvalue weighted by atomic mass is 16.5. The molecule has 11 nitrogen and oxygen atoms in total. The molecular weight excluding hydrogens is 741 g/mol. The van der Waals surface area contributed by atoms with Crippen molar-refractivity contribution >= 4 is 34.7 Å². The molecular formula is C48H62N6O5. The fourth-order valence-electron chi connectivity index (χ4n) is 8.39. The van der Waals surface area contributed by atoms with Gasteiger partial charge in [0.15, 0.2) is 0 Å². The van der Waals surface area contributed by atoms with E-state index in [2.05, 4.69) is 17.2 Å². The molecule has 0 spiro atoms. The Morgan fingerprint density at radius 1 is 0.763 bits per heavy atom. The lowest BCUT2D eigenvalue weighted by atomic mass is 9.98. The lowest BCUT2D eigenvalue weighted by molar-refractivity contribution is -0.187. The minimum absolute atomic E-state index is 0.0551. The van der Waals surface area contributed by atoms with E-state index in [1.807, 2.05) is 72.8 Å². The van der Waals surface area contributed by atoms with Crippen LogP contribution >= 0.6 is 0 Å². The van der Waals surface area contributed by atoms with Crippen LogP contribution in [0, 0.1) is 0 Å². The monoisotopic (exact) mass is 802 g/mol. The average Bonchev–Trinajstić information content (AvgIpc) is 3.24. The molecule has 2 atom stereocenters. The third-order valence-electron chi connectivity index (χ3n) is 11.6. The number of carbonyl (C=O) groups excluding carboxylic acids is 4. The summed E-state index contributed by atoms with van der Waals surface area (Å²) < 4.78 is 5.68. The number of hydrazine groups is 1. The zero-order chi connectivity index (χ0) is 41.4. The number of benzene rings is 3. The number of fused-ring (bicyclic) bond motifs is 2. The Morgan fingerprint density at radius 2 is 1.42 bits per heavy atom. The van der Waals surface area contributed by atoms with E-state index in [9.17, 15) is 19.2 Å². The molecule has 4 aromatic rings. The van der Waals surface area contributed by atoms with Crippen molar-refractivity contribution in [3.63, 3.8) is 0 Å². The number of likely N-dealkylation sites (N-methyl/N-ethyl adjacent to an activating group) is 1. The number of carbonyl (C=O) groups is 4. The first-order valence-corrected chi connectivity index (χ1v) is 21.9. The summed E-state index contributed by atoms with van der Waals surface area (Å²) in [7, 11) is 1.72. The van der Waals surface area contributed by atoms with Crippen LogP contribution in [0.5, 0.6) is 5.75 Å². The van der Waals surface area contributed by atoms with E-state index < -0.39 is 12.2 Å². The van der Waals surface area contributed by atoms with Crippen molar-refractivity contribution in [2.24, 2.45) is 0 Å². The highest BCUT2D eigenvalue weighted by Crippen LogP contribution is 2.30. The molecule has 6 rings (SSSR count). The second kappa shape index (κ2) is 22.2. The summed E-state index contributed by atoms with van der Waals surface area (Å²) in [5.74, 6) is -0.236. The molecule has 59 heavy (non-hydrogen) atoms. The maximum Gasteiger partial charge on any atom is 0.334 e. The first kappa shape index (κ1) is 43.3. The molecule has 2 aliphatic heterocycles. The number of hydrogen-bond acceptors (Lipinski definition) is 7. The molecule has 11 heteroatoms. The number of para-hydroxylation sites is 1. The molecule has 2 aliphatic rings. The quantitative estimate of drug-likeness (QED) is 0.0509. The van der Waals surface area contributed by atoms with Crippen LogP contribution in [0.25, 0.3) is 10.9 Å². The Balaban J connectivity index is 1.07. The number of unbranched alkanes of at least 4 members (excludes halogenated alkanes) is 12. The van der Waals surface area contributed by atoms with Crippen LogP contribution in [-0.4, -0.2) is 81.0 Å². The maximum atomic E-state index is 14.5. The van der Waals surface area contributed by atoms with Crippen molar-refractivity contribution in [2.75, 3.05) is 20.1 Å². The van der Waals surface area contributed by atoms with Gasteiger partial charge in [0.1, 0.15) is 18.0 Å². The molecule has 314 valence electrons. The Hall–Kier alpha value is -5.29. The fourth-order valence-corrected chi connectivity index (χ4v) is 8.39. The first-order valence-electron chi connectivity index (χ1n) is 21.9. The molecule has 1 N–H and O–H groups in total. The van der Waals surface area contributed by atoms with Crippen LogP contribution in [0.1, 0.15) is 114 Å². The van der Waals surface area contributed by atoms with Crippen LogP contribution in [-0.2, 0) is 33.9 Å². The average molecular weight is 803 g/mol. The number of rotatable bonds is 21. The third-order valence-corrected chi connectivity index (χ3v) is 11.6. The second-order valence-corrected chi connectivity index (χ2v) is 16.1. The Morgan fingerprint density at radius 3 is 2.12 bits per heavy atom. The normalized spacial score (nSPS) is 17.0. The highest BCUT2D eigenvalue weighted by Gasteiger charge is 2.50. The van der Waals surface area contributed by atoms with Crippen LogP contribution in [0.4, 0.5) is 4.79 Å². The topological polar surface area (TPSA) is 115 Å². The van der Waals surface area contributed by atoms with Crippen LogP contribution < -0.4 is 10.1 Å². The lowest BCUT2D eigenvalue weighted by Gasteiger charge is -2.54. The number of hydrogen-bond donors (Lipinski definition) is 1. The van der Waals surface area contributed by atoms with Gasteiger partial charge in [-0.1, -0.05) is 151 Å². The van der Waals surface area contributed by atoms with E-state index in [0.29, 0.717) is 18.7 Å². The predicted octanol–water partition coefficient (Wildman–Crippen LogP) is 8.80. The molecule has 0 saturated carbocycles. The van der Waals surface area contributed by atoms with Crippen LogP contribution in [0.3, 0.4) is 0 Å². The SMILES string of the molecule is CCCCCCCCCCCCCCCC(=O)Oc1ccc(C[C@H]2C(=O)N(Cc3cccc4cccnc34)CC3N2C(=O)CN(C)N3C(=O)NCc2ccccc2)cc1. The predicted molar refractivity (Wildman–Crippen MR) is 231 cm³/mol. The third kappa shape index (κ3) is 12.1. The van der Waals surface area contributed by atoms with E-state index in [-0.39, 0.29) is 49.9 Å². The first-order chi connectivity index (χ1) is 28.8. The number of nitrogens with one attached hydrogen (secondary N) is 1. The number of aromatic nitrogens is 1. The van der Waals surface area contributed by atoms with Gasteiger partial charge in [0.2, 0.25) is 11.8 Å². The smallest absolute Gasteiger partial charge is 0.334 e. The molecule has 1 aromatic heterocycles. The summed E-state index contributed by atoms with van der Waals surface area (Å²) in [5, 5.41) is 7.19. The van der Waals surface area contributed by atoms with E-state index >= 15 is 0 Å². The summed E-state index contributed by atoms with van der Waals surface area (Å²) in [6, 6.07) is 25.4. The number of esters is 1. The van der Waals surface area contributed by atoms with Crippen molar-refractivity contribution in [1.29, 1.82) is 0 Å².